The fraction of sp³-hybridized carbons (Fsp3) is 0.667. The van der Waals surface area contributed by atoms with Crippen LogP contribution in [-0.4, -0.2) is 22.0 Å². The van der Waals surface area contributed by atoms with Gasteiger partial charge in [0.25, 0.3) is 0 Å². The normalized spacial score (nSPS) is 27.7. The minimum Gasteiger partial charge on any atom is -0.478 e. The van der Waals surface area contributed by atoms with E-state index in [2.05, 4.69) is 0 Å². The third-order valence-electron chi connectivity index (χ3n) is 2.54. The highest BCUT2D eigenvalue weighted by molar-refractivity contribution is 5.79. The molecule has 0 heterocycles. The lowest BCUT2D eigenvalue weighted by molar-refractivity contribution is -0.533. The molecule has 0 radical (unpaired) electrons. The van der Waals surface area contributed by atoms with E-state index in [0.717, 1.165) is 25.3 Å². The fourth-order valence-electron chi connectivity index (χ4n) is 1.83. The third-order valence-corrected chi connectivity index (χ3v) is 2.54. The Morgan fingerprint density at radius 3 is 2.64 bits per heavy atom. The monoisotopic (exact) mass is 199 g/mol. The second-order valence-electron chi connectivity index (χ2n) is 3.50. The van der Waals surface area contributed by atoms with Crippen molar-refractivity contribution >= 4 is 5.97 Å². The molecule has 14 heavy (non-hydrogen) atoms. The minimum atomic E-state index is -1.04. The summed E-state index contributed by atoms with van der Waals surface area (Å²) in [5.41, 5.74) is 0. The molecule has 0 amide bonds. The zero-order valence-electron chi connectivity index (χ0n) is 7.76. The Bertz CT molecular complexity index is 262. The zero-order valence-corrected chi connectivity index (χ0v) is 7.76. The van der Waals surface area contributed by atoms with E-state index in [1.807, 2.05) is 0 Å². The van der Waals surface area contributed by atoms with Crippen molar-refractivity contribution in [2.75, 3.05) is 0 Å². The Morgan fingerprint density at radius 1 is 1.43 bits per heavy atom. The number of hydrogen-bond acceptors (Lipinski definition) is 3. The van der Waals surface area contributed by atoms with Gasteiger partial charge in [0.15, 0.2) is 0 Å². The highest BCUT2D eigenvalue weighted by Gasteiger charge is 2.32. The molecular weight excluding hydrogens is 186 g/mol. The Balaban J connectivity index is 2.63. The average molecular weight is 199 g/mol. The van der Waals surface area contributed by atoms with Crippen LogP contribution in [0.3, 0.4) is 0 Å². The average Bonchev–Trinajstić information content (AvgIpc) is 2.15. The molecule has 0 aromatic heterocycles. The first kappa shape index (κ1) is 10.7. The van der Waals surface area contributed by atoms with Gasteiger partial charge in [-0.2, -0.15) is 0 Å². The van der Waals surface area contributed by atoms with Gasteiger partial charge in [-0.15, -0.1) is 0 Å². The van der Waals surface area contributed by atoms with Gasteiger partial charge in [-0.05, 0) is 12.8 Å². The summed E-state index contributed by atoms with van der Waals surface area (Å²) in [6.45, 7) is 0. The van der Waals surface area contributed by atoms with Crippen LogP contribution in [0.1, 0.15) is 25.7 Å². The lowest BCUT2D eigenvalue weighted by Gasteiger charge is -2.22. The number of aliphatic carboxylic acids is 1. The van der Waals surface area contributed by atoms with Crippen LogP contribution in [0.5, 0.6) is 0 Å². The Kier molecular flexibility index (Phi) is 3.62. The Morgan fingerprint density at radius 2 is 2.07 bits per heavy atom. The quantitative estimate of drug-likeness (QED) is 0.424. The van der Waals surface area contributed by atoms with Crippen LogP contribution in [0.4, 0.5) is 0 Å². The molecule has 0 bridgehead atoms. The summed E-state index contributed by atoms with van der Waals surface area (Å²) in [7, 11) is 0. The Hall–Kier alpha value is -1.39. The molecule has 1 fully saturated rings. The lowest BCUT2D eigenvalue weighted by atomic mass is 9.84. The van der Waals surface area contributed by atoms with E-state index in [4.69, 9.17) is 5.11 Å². The Labute approximate surface area is 81.6 Å². The van der Waals surface area contributed by atoms with E-state index in [9.17, 15) is 14.9 Å². The van der Waals surface area contributed by atoms with Gasteiger partial charge < -0.3 is 5.11 Å². The number of carbonyl (C=O) groups is 1. The van der Waals surface area contributed by atoms with E-state index in [-0.39, 0.29) is 10.8 Å². The summed E-state index contributed by atoms with van der Waals surface area (Å²) in [5.74, 6) is -1.26. The predicted octanol–water partition coefficient (Wildman–Crippen LogP) is 1.46. The number of nitro groups is 1. The number of nitrogens with zero attached hydrogens (tertiary/aromatic N) is 1. The van der Waals surface area contributed by atoms with Crippen LogP contribution in [0.15, 0.2) is 12.2 Å². The molecule has 0 aromatic rings. The predicted molar refractivity (Wildman–Crippen MR) is 49.5 cm³/mol. The molecule has 1 aliphatic rings. The minimum absolute atomic E-state index is 0.213. The van der Waals surface area contributed by atoms with Gasteiger partial charge in [0, 0.05) is 23.3 Å². The molecule has 1 N–H and O–H groups in total. The van der Waals surface area contributed by atoms with Crippen LogP contribution < -0.4 is 0 Å². The first-order valence-electron chi connectivity index (χ1n) is 4.66. The van der Waals surface area contributed by atoms with E-state index in [0.29, 0.717) is 6.42 Å². The second kappa shape index (κ2) is 4.74. The fourth-order valence-corrected chi connectivity index (χ4v) is 1.83. The van der Waals surface area contributed by atoms with E-state index in [1.54, 1.807) is 0 Å². The highest BCUT2D eigenvalue weighted by Crippen LogP contribution is 2.27. The molecule has 0 aliphatic heterocycles. The van der Waals surface area contributed by atoms with Crippen molar-refractivity contribution in [3.8, 4) is 0 Å². The summed E-state index contributed by atoms with van der Waals surface area (Å²) in [4.78, 5) is 20.6. The van der Waals surface area contributed by atoms with Crippen molar-refractivity contribution in [1.82, 2.24) is 0 Å². The van der Waals surface area contributed by atoms with Crippen molar-refractivity contribution in [3.05, 3.63) is 22.3 Å². The molecule has 0 spiro atoms. The maximum atomic E-state index is 10.6. The molecule has 2 atom stereocenters. The van der Waals surface area contributed by atoms with Crippen molar-refractivity contribution in [2.45, 2.75) is 31.7 Å². The number of carboxylic acids is 1. The SMILES string of the molecule is O=C(O)/C=C/C1CCCCC1[N+](=O)[O-]. The van der Waals surface area contributed by atoms with Crippen molar-refractivity contribution in [3.63, 3.8) is 0 Å². The first-order chi connectivity index (χ1) is 6.61. The molecule has 0 aromatic carbocycles. The van der Waals surface area contributed by atoms with Gasteiger partial charge in [0.2, 0.25) is 6.04 Å². The van der Waals surface area contributed by atoms with Crippen molar-refractivity contribution < 1.29 is 14.8 Å². The summed E-state index contributed by atoms with van der Waals surface area (Å²) >= 11 is 0. The van der Waals surface area contributed by atoms with Crippen LogP contribution in [0.2, 0.25) is 0 Å². The number of rotatable bonds is 3. The second-order valence-corrected chi connectivity index (χ2v) is 3.50. The molecule has 2 unspecified atom stereocenters. The van der Waals surface area contributed by atoms with Crippen LogP contribution >= 0.6 is 0 Å². The maximum absolute atomic E-state index is 10.6. The van der Waals surface area contributed by atoms with Crippen LogP contribution in [-0.2, 0) is 4.79 Å². The van der Waals surface area contributed by atoms with Gasteiger partial charge in [-0.25, -0.2) is 4.79 Å². The maximum Gasteiger partial charge on any atom is 0.327 e. The molecule has 78 valence electrons. The molecule has 1 rings (SSSR count). The summed E-state index contributed by atoms with van der Waals surface area (Å²) < 4.78 is 0. The third kappa shape index (κ3) is 2.83. The first-order valence-corrected chi connectivity index (χ1v) is 4.66. The summed E-state index contributed by atoms with van der Waals surface area (Å²) in [6.07, 6.45) is 5.54. The van der Waals surface area contributed by atoms with Crippen molar-refractivity contribution in [1.29, 1.82) is 0 Å². The standard InChI is InChI=1S/C9H13NO4/c11-9(12)6-5-7-3-1-2-4-8(7)10(13)14/h5-8H,1-4H2,(H,11,12)/b6-5+. The van der Waals surface area contributed by atoms with Crippen LogP contribution in [0, 0.1) is 16.0 Å². The zero-order chi connectivity index (χ0) is 10.6. The van der Waals surface area contributed by atoms with Gasteiger partial charge in [0.1, 0.15) is 0 Å². The van der Waals surface area contributed by atoms with Gasteiger partial charge in [-0.1, -0.05) is 12.5 Å². The largest absolute Gasteiger partial charge is 0.478 e. The lowest BCUT2D eigenvalue weighted by Crippen LogP contribution is -2.31. The smallest absolute Gasteiger partial charge is 0.327 e. The topological polar surface area (TPSA) is 80.4 Å². The molecule has 1 saturated carbocycles. The van der Waals surface area contributed by atoms with Gasteiger partial charge >= 0.3 is 5.97 Å². The number of carboxylic acid groups (broad SMARTS) is 1. The molecule has 1 aliphatic carbocycles. The van der Waals surface area contributed by atoms with E-state index < -0.39 is 12.0 Å². The number of hydrogen-bond donors (Lipinski definition) is 1. The van der Waals surface area contributed by atoms with Crippen molar-refractivity contribution in [2.24, 2.45) is 5.92 Å². The van der Waals surface area contributed by atoms with Crippen LogP contribution in [0.25, 0.3) is 0 Å². The van der Waals surface area contributed by atoms with Gasteiger partial charge in [0.05, 0.1) is 0 Å². The van der Waals surface area contributed by atoms with E-state index >= 15 is 0 Å². The molecule has 0 saturated heterocycles. The molecular formula is C9H13NO4. The summed E-state index contributed by atoms with van der Waals surface area (Å²) in [6, 6.07) is -0.598. The molecule has 5 heteroatoms. The summed E-state index contributed by atoms with van der Waals surface area (Å²) in [5, 5.41) is 19.0. The highest BCUT2D eigenvalue weighted by atomic mass is 16.6. The van der Waals surface area contributed by atoms with E-state index in [1.165, 1.54) is 6.08 Å². The molecule has 5 nitrogen and oxygen atoms in total. The van der Waals surface area contributed by atoms with Gasteiger partial charge in [-0.3, -0.25) is 10.1 Å².